The van der Waals surface area contributed by atoms with Gasteiger partial charge < -0.3 is 4.48 Å². The monoisotopic (exact) mass is 172 g/mol. The fourth-order valence-electron chi connectivity index (χ4n) is 1.88. The van der Waals surface area contributed by atoms with Crippen LogP contribution in [0, 0.1) is 0 Å². The Morgan fingerprint density at radius 3 is 2.42 bits per heavy atom. The smallest absolute Gasteiger partial charge is 0.0947 e. The highest BCUT2D eigenvalue weighted by molar-refractivity contribution is 4.82. The number of nitrogens with one attached hydrogen (secondary N) is 1. The average molecular weight is 172 g/mol. The molecule has 0 aromatic rings. The minimum atomic E-state index is 0.343. The van der Waals surface area contributed by atoms with Gasteiger partial charge in [0.15, 0.2) is 0 Å². The van der Waals surface area contributed by atoms with E-state index in [1.165, 1.54) is 13.0 Å². The first-order valence-electron chi connectivity index (χ1n) is 4.68. The third-order valence-corrected chi connectivity index (χ3v) is 3.66. The lowest BCUT2D eigenvalue weighted by atomic mass is 9.85. The van der Waals surface area contributed by atoms with Gasteiger partial charge in [0.1, 0.15) is 0 Å². The van der Waals surface area contributed by atoms with E-state index >= 15 is 0 Å². The van der Waals surface area contributed by atoms with Crippen molar-refractivity contribution in [2.75, 3.05) is 20.6 Å². The van der Waals surface area contributed by atoms with Gasteiger partial charge in [-0.1, -0.05) is 0 Å². The summed E-state index contributed by atoms with van der Waals surface area (Å²) in [5, 5.41) is 0. The zero-order valence-corrected chi connectivity index (χ0v) is 8.72. The van der Waals surface area contributed by atoms with Crippen molar-refractivity contribution in [1.82, 2.24) is 5.43 Å². The van der Waals surface area contributed by atoms with Crippen molar-refractivity contribution in [3.63, 3.8) is 0 Å². The summed E-state index contributed by atoms with van der Waals surface area (Å²) in [7, 11) is 4.60. The lowest BCUT2D eigenvalue weighted by Gasteiger charge is -2.50. The van der Waals surface area contributed by atoms with E-state index in [4.69, 9.17) is 5.84 Å². The highest BCUT2D eigenvalue weighted by Crippen LogP contribution is 2.31. The fourth-order valence-corrected chi connectivity index (χ4v) is 1.88. The highest BCUT2D eigenvalue weighted by Gasteiger charge is 2.42. The molecule has 0 amide bonds. The normalized spacial score (nSPS) is 33.2. The van der Waals surface area contributed by atoms with Gasteiger partial charge in [-0.15, -0.1) is 0 Å². The third-order valence-electron chi connectivity index (χ3n) is 3.66. The van der Waals surface area contributed by atoms with Gasteiger partial charge in [0.05, 0.1) is 26.2 Å². The summed E-state index contributed by atoms with van der Waals surface area (Å²) in [6.07, 6.45) is 2.35. The first kappa shape index (κ1) is 9.96. The second-order valence-corrected chi connectivity index (χ2v) is 5.08. The first-order valence-corrected chi connectivity index (χ1v) is 4.68. The second-order valence-electron chi connectivity index (χ2n) is 5.08. The number of nitrogens with zero attached hydrogens (tertiary/aromatic N) is 1. The zero-order valence-electron chi connectivity index (χ0n) is 8.72. The van der Waals surface area contributed by atoms with Gasteiger partial charge in [0.25, 0.3) is 0 Å². The molecule has 1 rings (SSSR count). The summed E-state index contributed by atoms with van der Waals surface area (Å²) < 4.78 is 1.10. The van der Waals surface area contributed by atoms with Crippen molar-refractivity contribution in [3.8, 4) is 0 Å². The first-order chi connectivity index (χ1) is 5.39. The molecule has 0 aromatic carbocycles. The van der Waals surface area contributed by atoms with Crippen LogP contribution in [0.1, 0.15) is 26.7 Å². The highest BCUT2D eigenvalue weighted by atomic mass is 15.4. The summed E-state index contributed by atoms with van der Waals surface area (Å²) >= 11 is 0. The summed E-state index contributed by atoms with van der Waals surface area (Å²) in [4.78, 5) is 0. The number of hydrogen-bond donors (Lipinski definition) is 2. The molecule has 0 radical (unpaired) electrons. The van der Waals surface area contributed by atoms with Gasteiger partial charge in [0, 0.05) is 18.9 Å². The lowest BCUT2D eigenvalue weighted by molar-refractivity contribution is -0.943. The van der Waals surface area contributed by atoms with Crippen LogP contribution in [0.2, 0.25) is 0 Å². The SMILES string of the molecule is CC1(C)CC(NN)CC[N+]1(C)C. The number of quaternary nitrogens is 1. The van der Waals surface area contributed by atoms with Crippen molar-refractivity contribution in [2.24, 2.45) is 5.84 Å². The van der Waals surface area contributed by atoms with Gasteiger partial charge in [0.2, 0.25) is 0 Å². The van der Waals surface area contributed by atoms with Crippen LogP contribution in [0.3, 0.4) is 0 Å². The molecule has 3 nitrogen and oxygen atoms in total. The maximum atomic E-state index is 5.46. The number of nitrogens with two attached hydrogens (primary N) is 1. The lowest BCUT2D eigenvalue weighted by Crippen LogP contribution is -2.63. The Labute approximate surface area is 75.5 Å². The Morgan fingerprint density at radius 1 is 1.42 bits per heavy atom. The molecule has 0 saturated carbocycles. The standard InChI is InChI=1S/C9H22N3/c1-9(2)7-8(11-10)5-6-12(9,3)4/h8,11H,5-7,10H2,1-4H3/q+1. The molecule has 0 aliphatic carbocycles. The molecule has 3 heteroatoms. The number of hydrogen-bond acceptors (Lipinski definition) is 2. The van der Waals surface area contributed by atoms with Gasteiger partial charge in [-0.05, 0) is 13.8 Å². The summed E-state index contributed by atoms with van der Waals surface area (Å²) in [5.74, 6) is 5.46. The van der Waals surface area contributed by atoms with E-state index in [1.54, 1.807) is 0 Å². The Hall–Kier alpha value is -0.120. The van der Waals surface area contributed by atoms with Crippen LogP contribution in [-0.2, 0) is 0 Å². The Balaban J connectivity index is 2.68. The molecule has 1 fully saturated rings. The van der Waals surface area contributed by atoms with E-state index < -0.39 is 0 Å². The molecule has 1 aliphatic rings. The van der Waals surface area contributed by atoms with E-state index in [1.807, 2.05) is 0 Å². The van der Waals surface area contributed by atoms with Crippen LogP contribution in [-0.4, -0.2) is 36.7 Å². The van der Waals surface area contributed by atoms with Crippen LogP contribution in [0.15, 0.2) is 0 Å². The molecule has 72 valence electrons. The Morgan fingerprint density at radius 2 is 2.00 bits per heavy atom. The molecular formula is C9H22N3+. The molecule has 0 aromatic heterocycles. The van der Waals surface area contributed by atoms with Crippen molar-refractivity contribution >= 4 is 0 Å². The zero-order chi connectivity index (χ0) is 9.41. The molecule has 3 N–H and O–H groups in total. The quantitative estimate of drug-likeness (QED) is 0.343. The molecular weight excluding hydrogens is 150 g/mol. The molecule has 1 unspecified atom stereocenters. The fraction of sp³-hybridized carbons (Fsp3) is 1.00. The average Bonchev–Trinajstić information content (AvgIpc) is 1.95. The van der Waals surface area contributed by atoms with Crippen LogP contribution in [0.4, 0.5) is 0 Å². The molecule has 1 atom stereocenters. The van der Waals surface area contributed by atoms with E-state index in [2.05, 4.69) is 33.4 Å². The topological polar surface area (TPSA) is 38.0 Å². The van der Waals surface area contributed by atoms with Crippen LogP contribution in [0.25, 0.3) is 0 Å². The predicted molar refractivity (Wildman–Crippen MR) is 51.4 cm³/mol. The van der Waals surface area contributed by atoms with Crippen molar-refractivity contribution in [1.29, 1.82) is 0 Å². The maximum absolute atomic E-state index is 5.46. The summed E-state index contributed by atoms with van der Waals surface area (Å²) in [6, 6.07) is 0.506. The third kappa shape index (κ3) is 1.63. The van der Waals surface area contributed by atoms with Crippen molar-refractivity contribution in [2.45, 2.75) is 38.3 Å². The molecule has 0 bridgehead atoms. The molecule has 12 heavy (non-hydrogen) atoms. The van der Waals surface area contributed by atoms with Crippen molar-refractivity contribution in [3.05, 3.63) is 0 Å². The van der Waals surface area contributed by atoms with E-state index in [0.29, 0.717) is 11.6 Å². The van der Waals surface area contributed by atoms with E-state index in [0.717, 1.165) is 10.9 Å². The largest absolute Gasteiger partial charge is 0.324 e. The maximum Gasteiger partial charge on any atom is 0.0947 e. The summed E-state index contributed by atoms with van der Waals surface area (Å²) in [6.45, 7) is 5.84. The van der Waals surface area contributed by atoms with Crippen LogP contribution in [0.5, 0.6) is 0 Å². The van der Waals surface area contributed by atoms with Gasteiger partial charge in [-0.3, -0.25) is 11.3 Å². The number of piperidine rings is 1. The number of hydrazine groups is 1. The Kier molecular flexibility index (Phi) is 2.47. The van der Waals surface area contributed by atoms with Gasteiger partial charge in [-0.2, -0.15) is 0 Å². The minimum absolute atomic E-state index is 0.343. The summed E-state index contributed by atoms with van der Waals surface area (Å²) in [5.41, 5.74) is 3.23. The van der Waals surface area contributed by atoms with Crippen LogP contribution >= 0.6 is 0 Å². The molecule has 1 saturated heterocycles. The Bertz CT molecular complexity index is 163. The predicted octanol–water partition coefficient (Wildman–Crippen LogP) is 0.467. The van der Waals surface area contributed by atoms with Gasteiger partial charge in [-0.25, -0.2) is 0 Å². The van der Waals surface area contributed by atoms with Crippen molar-refractivity contribution < 1.29 is 4.48 Å². The van der Waals surface area contributed by atoms with Gasteiger partial charge >= 0.3 is 0 Å². The molecule has 0 spiro atoms. The van der Waals surface area contributed by atoms with Crippen LogP contribution < -0.4 is 11.3 Å². The number of rotatable bonds is 1. The molecule has 1 heterocycles. The van der Waals surface area contributed by atoms with E-state index in [-0.39, 0.29) is 0 Å². The number of likely N-dealkylation sites (tertiary alicyclic amines) is 1. The minimum Gasteiger partial charge on any atom is -0.324 e. The molecule has 1 aliphatic heterocycles. The van der Waals surface area contributed by atoms with E-state index in [9.17, 15) is 0 Å². The second kappa shape index (κ2) is 2.98.